The van der Waals surface area contributed by atoms with Crippen LogP contribution < -0.4 is 10.1 Å². The Labute approximate surface area is 180 Å². The molecular formula is C25H35N3O2. The number of ether oxygens (including phenoxy) is 1. The summed E-state index contributed by atoms with van der Waals surface area (Å²) in [6.45, 7) is 7.52. The third-order valence-electron chi connectivity index (χ3n) is 6.90. The third-order valence-corrected chi connectivity index (χ3v) is 6.90. The number of aromatic nitrogens is 1. The average Bonchev–Trinajstić information content (AvgIpc) is 3.37. The first kappa shape index (κ1) is 21.0. The van der Waals surface area contributed by atoms with Crippen molar-refractivity contribution in [3.05, 3.63) is 47.3 Å². The quantitative estimate of drug-likeness (QED) is 0.765. The number of hydrogen-bond acceptors (Lipinski definition) is 3. The maximum atomic E-state index is 13.1. The number of benzene rings is 1. The van der Waals surface area contributed by atoms with Gasteiger partial charge >= 0.3 is 0 Å². The Kier molecular flexibility index (Phi) is 6.47. The second kappa shape index (κ2) is 9.25. The van der Waals surface area contributed by atoms with E-state index in [9.17, 15) is 4.79 Å². The SMILES string of the molecule is COc1cccc(-n2c(C)cc(C(=O)NC3CCN(CC4CCCC4)CC3)c2C)c1. The molecule has 162 valence electrons. The summed E-state index contributed by atoms with van der Waals surface area (Å²) in [5, 5.41) is 3.30. The van der Waals surface area contributed by atoms with Gasteiger partial charge in [0.05, 0.1) is 12.7 Å². The van der Waals surface area contributed by atoms with E-state index in [0.29, 0.717) is 0 Å². The van der Waals surface area contributed by atoms with Crippen LogP contribution in [-0.2, 0) is 0 Å². The van der Waals surface area contributed by atoms with E-state index in [1.165, 1.54) is 32.2 Å². The van der Waals surface area contributed by atoms with Crippen molar-refractivity contribution in [1.82, 2.24) is 14.8 Å². The minimum Gasteiger partial charge on any atom is -0.497 e. The van der Waals surface area contributed by atoms with Gasteiger partial charge in [0.1, 0.15) is 5.75 Å². The van der Waals surface area contributed by atoms with E-state index in [1.54, 1.807) is 7.11 Å². The van der Waals surface area contributed by atoms with Crippen molar-refractivity contribution in [3.63, 3.8) is 0 Å². The number of rotatable bonds is 6. The van der Waals surface area contributed by atoms with Gasteiger partial charge in [0, 0.05) is 48.8 Å². The Morgan fingerprint density at radius 2 is 1.83 bits per heavy atom. The molecule has 1 aliphatic heterocycles. The van der Waals surface area contributed by atoms with Gasteiger partial charge in [0.25, 0.3) is 5.91 Å². The van der Waals surface area contributed by atoms with Crippen molar-refractivity contribution in [2.45, 2.75) is 58.4 Å². The van der Waals surface area contributed by atoms with Crippen molar-refractivity contribution in [3.8, 4) is 11.4 Å². The molecule has 0 spiro atoms. The highest BCUT2D eigenvalue weighted by Gasteiger charge is 2.25. The van der Waals surface area contributed by atoms with Crippen LogP contribution in [0.25, 0.3) is 5.69 Å². The summed E-state index contributed by atoms with van der Waals surface area (Å²) < 4.78 is 7.49. The van der Waals surface area contributed by atoms with Gasteiger partial charge in [0.2, 0.25) is 0 Å². The van der Waals surface area contributed by atoms with E-state index in [0.717, 1.165) is 60.2 Å². The van der Waals surface area contributed by atoms with Crippen LogP contribution in [0.4, 0.5) is 0 Å². The molecule has 0 atom stereocenters. The van der Waals surface area contributed by atoms with Crippen LogP contribution in [0.15, 0.2) is 30.3 Å². The molecule has 1 amide bonds. The molecule has 2 aliphatic rings. The second-order valence-electron chi connectivity index (χ2n) is 9.02. The summed E-state index contributed by atoms with van der Waals surface area (Å²) in [6, 6.07) is 10.2. The average molecular weight is 410 g/mol. The smallest absolute Gasteiger partial charge is 0.253 e. The molecule has 5 heteroatoms. The van der Waals surface area contributed by atoms with Crippen LogP contribution in [0, 0.1) is 19.8 Å². The van der Waals surface area contributed by atoms with Crippen LogP contribution in [0.1, 0.15) is 60.3 Å². The van der Waals surface area contributed by atoms with Crippen LogP contribution in [-0.4, -0.2) is 48.2 Å². The lowest BCUT2D eigenvalue weighted by molar-refractivity contribution is 0.0905. The number of carbonyl (C=O) groups excluding carboxylic acids is 1. The van der Waals surface area contributed by atoms with Gasteiger partial charge in [-0.15, -0.1) is 0 Å². The molecule has 1 aromatic heterocycles. The number of hydrogen-bond donors (Lipinski definition) is 1. The molecular weight excluding hydrogens is 374 g/mol. The molecule has 1 N–H and O–H groups in total. The van der Waals surface area contributed by atoms with E-state index >= 15 is 0 Å². The zero-order valence-corrected chi connectivity index (χ0v) is 18.6. The lowest BCUT2D eigenvalue weighted by Crippen LogP contribution is -2.45. The Morgan fingerprint density at radius 1 is 1.10 bits per heavy atom. The maximum Gasteiger partial charge on any atom is 0.253 e. The lowest BCUT2D eigenvalue weighted by Gasteiger charge is -2.33. The molecule has 2 heterocycles. The van der Waals surface area contributed by atoms with Crippen LogP contribution >= 0.6 is 0 Å². The number of amides is 1. The first-order chi connectivity index (χ1) is 14.5. The molecule has 0 radical (unpaired) electrons. The van der Waals surface area contributed by atoms with Crippen LogP contribution in [0.5, 0.6) is 5.75 Å². The zero-order valence-electron chi connectivity index (χ0n) is 18.6. The van der Waals surface area contributed by atoms with E-state index in [4.69, 9.17) is 4.74 Å². The monoisotopic (exact) mass is 409 g/mol. The first-order valence-corrected chi connectivity index (χ1v) is 11.4. The zero-order chi connectivity index (χ0) is 21.1. The fourth-order valence-electron chi connectivity index (χ4n) is 5.22. The number of piperidine rings is 1. The summed E-state index contributed by atoms with van der Waals surface area (Å²) in [7, 11) is 1.67. The van der Waals surface area contributed by atoms with Gasteiger partial charge in [-0.3, -0.25) is 4.79 Å². The number of nitrogens with zero attached hydrogens (tertiary/aromatic N) is 2. The summed E-state index contributed by atoms with van der Waals surface area (Å²) in [5.74, 6) is 1.76. The van der Waals surface area contributed by atoms with Gasteiger partial charge in [-0.25, -0.2) is 0 Å². The highest BCUT2D eigenvalue weighted by Crippen LogP contribution is 2.27. The second-order valence-corrected chi connectivity index (χ2v) is 9.02. The van der Waals surface area contributed by atoms with Crippen LogP contribution in [0.3, 0.4) is 0 Å². The van der Waals surface area contributed by atoms with Crippen molar-refractivity contribution in [1.29, 1.82) is 0 Å². The fraction of sp³-hybridized carbons (Fsp3) is 0.560. The first-order valence-electron chi connectivity index (χ1n) is 11.4. The van der Waals surface area contributed by atoms with Gasteiger partial charge in [0.15, 0.2) is 0 Å². The normalized spacial score (nSPS) is 18.6. The predicted octanol–water partition coefficient (Wildman–Crippen LogP) is 4.49. The molecule has 2 aromatic rings. The van der Waals surface area contributed by atoms with E-state index < -0.39 is 0 Å². The van der Waals surface area contributed by atoms with Gasteiger partial charge in [-0.2, -0.15) is 0 Å². The molecule has 5 nitrogen and oxygen atoms in total. The Balaban J connectivity index is 1.38. The lowest BCUT2D eigenvalue weighted by atomic mass is 10.0. The largest absolute Gasteiger partial charge is 0.497 e. The Hall–Kier alpha value is -2.27. The number of aryl methyl sites for hydroxylation is 1. The van der Waals surface area contributed by atoms with Gasteiger partial charge in [-0.1, -0.05) is 18.9 Å². The molecule has 2 fully saturated rings. The van der Waals surface area contributed by atoms with E-state index in [2.05, 4.69) is 14.8 Å². The van der Waals surface area contributed by atoms with Crippen molar-refractivity contribution >= 4 is 5.91 Å². The molecule has 1 aliphatic carbocycles. The molecule has 1 aromatic carbocycles. The van der Waals surface area contributed by atoms with Crippen molar-refractivity contribution in [2.24, 2.45) is 5.92 Å². The predicted molar refractivity (Wildman–Crippen MR) is 121 cm³/mol. The standard InChI is InChI=1S/C25H35N3O2/c1-18-15-24(19(2)28(18)22-9-6-10-23(16-22)30-3)25(29)26-21-11-13-27(14-12-21)17-20-7-4-5-8-20/h6,9-10,15-16,20-21H,4-5,7-8,11-14,17H2,1-3H3,(H,26,29). The van der Waals surface area contributed by atoms with Gasteiger partial charge in [-0.05, 0) is 63.6 Å². The fourth-order valence-corrected chi connectivity index (χ4v) is 5.22. The molecule has 30 heavy (non-hydrogen) atoms. The Bertz CT molecular complexity index is 875. The Morgan fingerprint density at radius 3 is 2.53 bits per heavy atom. The highest BCUT2D eigenvalue weighted by molar-refractivity contribution is 5.96. The van der Waals surface area contributed by atoms with E-state index in [-0.39, 0.29) is 11.9 Å². The highest BCUT2D eigenvalue weighted by atomic mass is 16.5. The number of likely N-dealkylation sites (tertiary alicyclic amines) is 1. The summed E-state index contributed by atoms with van der Waals surface area (Å²) in [5.41, 5.74) is 3.81. The topological polar surface area (TPSA) is 46.5 Å². The molecule has 1 saturated carbocycles. The van der Waals surface area contributed by atoms with Crippen LogP contribution in [0.2, 0.25) is 0 Å². The van der Waals surface area contributed by atoms with Crippen molar-refractivity contribution in [2.75, 3.05) is 26.7 Å². The number of nitrogens with one attached hydrogen (secondary N) is 1. The minimum atomic E-state index is 0.0477. The van der Waals surface area contributed by atoms with Crippen molar-refractivity contribution < 1.29 is 9.53 Å². The molecule has 1 saturated heterocycles. The number of methoxy groups -OCH3 is 1. The summed E-state index contributed by atoms with van der Waals surface area (Å²) >= 11 is 0. The summed E-state index contributed by atoms with van der Waals surface area (Å²) in [4.78, 5) is 15.7. The van der Waals surface area contributed by atoms with E-state index in [1.807, 2.05) is 44.2 Å². The maximum absolute atomic E-state index is 13.1. The summed E-state index contributed by atoms with van der Waals surface area (Å²) in [6.07, 6.45) is 7.72. The number of carbonyl (C=O) groups is 1. The molecule has 0 bridgehead atoms. The minimum absolute atomic E-state index is 0.0477. The van der Waals surface area contributed by atoms with Gasteiger partial charge < -0.3 is 19.5 Å². The third kappa shape index (κ3) is 4.56. The molecule has 4 rings (SSSR count). The molecule has 0 unspecified atom stereocenters.